The van der Waals surface area contributed by atoms with Crippen molar-refractivity contribution >= 4 is 17.7 Å². The highest BCUT2D eigenvalue weighted by Crippen LogP contribution is 2.17. The number of nitrogens with zero attached hydrogens (tertiary/aromatic N) is 1. The molecule has 0 unspecified atom stereocenters. The van der Waals surface area contributed by atoms with Crippen molar-refractivity contribution in [1.29, 1.82) is 0 Å². The summed E-state index contributed by atoms with van der Waals surface area (Å²) in [6, 6.07) is 15.9. The van der Waals surface area contributed by atoms with Crippen LogP contribution in [0.5, 0.6) is 5.75 Å². The first kappa shape index (κ1) is 16.4. The molecule has 0 N–H and O–H groups in total. The van der Waals surface area contributed by atoms with Gasteiger partial charge in [0, 0.05) is 18.5 Å². The fourth-order valence-electron chi connectivity index (χ4n) is 2.18. The lowest BCUT2D eigenvalue weighted by Gasteiger charge is -2.17. The van der Waals surface area contributed by atoms with Crippen molar-refractivity contribution in [2.45, 2.75) is 17.9 Å². The van der Waals surface area contributed by atoms with Gasteiger partial charge in [0.15, 0.2) is 0 Å². The number of carbonyl (C=O) groups is 1. The van der Waals surface area contributed by atoms with Crippen molar-refractivity contribution in [3.63, 3.8) is 0 Å². The average molecular weight is 315 g/mol. The summed E-state index contributed by atoms with van der Waals surface area (Å²) in [6.07, 6.45) is 2.44. The van der Waals surface area contributed by atoms with Crippen LogP contribution in [0.3, 0.4) is 0 Å². The molecule has 22 heavy (non-hydrogen) atoms. The van der Waals surface area contributed by atoms with E-state index in [4.69, 9.17) is 4.74 Å². The van der Waals surface area contributed by atoms with Crippen molar-refractivity contribution in [2.75, 3.05) is 20.4 Å². The molecule has 0 aliphatic carbocycles. The molecule has 0 aliphatic rings. The molecule has 2 rings (SSSR count). The minimum Gasteiger partial charge on any atom is -0.497 e. The summed E-state index contributed by atoms with van der Waals surface area (Å²) < 4.78 is 5.19. The van der Waals surface area contributed by atoms with Crippen LogP contribution in [0, 0.1) is 0 Å². The summed E-state index contributed by atoms with van der Waals surface area (Å²) in [5.41, 5.74) is 2.10. The van der Waals surface area contributed by atoms with Crippen molar-refractivity contribution in [2.24, 2.45) is 0 Å². The highest BCUT2D eigenvalue weighted by atomic mass is 32.2. The lowest BCUT2D eigenvalue weighted by molar-refractivity contribution is -0.129. The van der Waals surface area contributed by atoms with E-state index in [1.165, 1.54) is 4.90 Å². The van der Waals surface area contributed by atoms with Gasteiger partial charge in [-0.15, -0.1) is 11.8 Å². The first-order chi connectivity index (χ1) is 10.6. The van der Waals surface area contributed by atoms with Crippen molar-refractivity contribution in [1.82, 2.24) is 4.90 Å². The first-order valence-electron chi connectivity index (χ1n) is 7.12. The first-order valence-corrected chi connectivity index (χ1v) is 8.34. The Morgan fingerprint density at radius 3 is 2.50 bits per heavy atom. The van der Waals surface area contributed by atoms with E-state index < -0.39 is 0 Å². The maximum absolute atomic E-state index is 12.3. The minimum absolute atomic E-state index is 0.0993. The summed E-state index contributed by atoms with van der Waals surface area (Å²) >= 11 is 1.72. The smallest absolute Gasteiger partial charge is 0.227 e. The second-order valence-corrected chi connectivity index (χ2v) is 6.01. The molecule has 4 heteroatoms. The standard InChI is InChI=1S/C18H21NO2S/c1-19(13-14-7-9-17(22-3)10-8-14)18(20)12-15-5-4-6-16(11-15)21-2/h4-11H,12-13H2,1-3H3. The zero-order valence-corrected chi connectivity index (χ0v) is 14.0. The second kappa shape index (κ2) is 7.90. The maximum atomic E-state index is 12.3. The number of likely N-dealkylation sites (N-methyl/N-ethyl adjacent to an activating group) is 1. The van der Waals surface area contributed by atoms with Crippen LogP contribution in [0.4, 0.5) is 0 Å². The molecule has 3 nitrogen and oxygen atoms in total. The highest BCUT2D eigenvalue weighted by molar-refractivity contribution is 7.98. The maximum Gasteiger partial charge on any atom is 0.227 e. The molecule has 0 fully saturated rings. The van der Waals surface area contributed by atoms with Crippen molar-refractivity contribution in [3.05, 3.63) is 59.7 Å². The summed E-state index contributed by atoms with van der Waals surface area (Å²) in [5.74, 6) is 0.878. The molecule has 0 aliphatic heterocycles. The number of rotatable bonds is 6. The zero-order chi connectivity index (χ0) is 15.9. The molecular weight excluding hydrogens is 294 g/mol. The predicted octanol–water partition coefficient (Wildman–Crippen LogP) is 3.62. The Labute approximate surface area is 136 Å². The van der Waals surface area contributed by atoms with E-state index in [1.807, 2.05) is 31.3 Å². The van der Waals surface area contributed by atoms with Crippen LogP contribution >= 0.6 is 11.8 Å². The van der Waals surface area contributed by atoms with Gasteiger partial charge < -0.3 is 9.64 Å². The van der Waals surface area contributed by atoms with Crippen LogP contribution < -0.4 is 4.74 Å². The largest absolute Gasteiger partial charge is 0.497 e. The van der Waals surface area contributed by atoms with E-state index in [-0.39, 0.29) is 5.91 Å². The second-order valence-electron chi connectivity index (χ2n) is 5.13. The summed E-state index contributed by atoms with van der Waals surface area (Å²) in [5, 5.41) is 0. The SMILES string of the molecule is COc1cccc(CC(=O)N(C)Cc2ccc(SC)cc2)c1. The third-order valence-electron chi connectivity index (χ3n) is 3.49. The van der Waals surface area contributed by atoms with Crippen molar-refractivity contribution in [3.8, 4) is 5.75 Å². The molecule has 0 bridgehead atoms. The van der Waals surface area contributed by atoms with Crippen LogP contribution in [-0.2, 0) is 17.8 Å². The third-order valence-corrected chi connectivity index (χ3v) is 4.24. The average Bonchev–Trinajstić information content (AvgIpc) is 2.55. The molecule has 0 saturated carbocycles. The van der Waals surface area contributed by atoms with E-state index in [0.29, 0.717) is 13.0 Å². The fraction of sp³-hybridized carbons (Fsp3) is 0.278. The molecule has 0 atom stereocenters. The zero-order valence-electron chi connectivity index (χ0n) is 13.2. The Morgan fingerprint density at radius 2 is 1.86 bits per heavy atom. The van der Waals surface area contributed by atoms with E-state index >= 15 is 0 Å². The van der Waals surface area contributed by atoms with E-state index in [1.54, 1.807) is 23.8 Å². The number of amides is 1. The molecule has 2 aromatic rings. The minimum atomic E-state index is 0.0993. The fourth-order valence-corrected chi connectivity index (χ4v) is 2.59. The summed E-state index contributed by atoms with van der Waals surface area (Å²) in [4.78, 5) is 15.3. The van der Waals surface area contributed by atoms with Crippen LogP contribution in [-0.4, -0.2) is 31.2 Å². The number of thioether (sulfide) groups is 1. The molecule has 116 valence electrons. The molecule has 0 heterocycles. The Bertz CT molecular complexity index is 625. The van der Waals surface area contributed by atoms with Gasteiger partial charge in [-0.2, -0.15) is 0 Å². The molecule has 0 radical (unpaired) electrons. The van der Waals surface area contributed by atoms with Crippen LogP contribution in [0.1, 0.15) is 11.1 Å². The number of carbonyl (C=O) groups excluding carboxylic acids is 1. The normalized spacial score (nSPS) is 10.3. The van der Waals surface area contributed by atoms with Gasteiger partial charge in [-0.3, -0.25) is 4.79 Å². The van der Waals surface area contributed by atoms with Gasteiger partial charge in [0.05, 0.1) is 13.5 Å². The Balaban J connectivity index is 1.96. The van der Waals surface area contributed by atoms with Gasteiger partial charge in [-0.1, -0.05) is 24.3 Å². The molecule has 0 spiro atoms. The Kier molecular flexibility index (Phi) is 5.90. The Morgan fingerprint density at radius 1 is 1.14 bits per heavy atom. The van der Waals surface area contributed by atoms with Gasteiger partial charge >= 0.3 is 0 Å². The quantitative estimate of drug-likeness (QED) is 0.763. The molecule has 1 amide bonds. The van der Waals surface area contributed by atoms with Crippen LogP contribution in [0.2, 0.25) is 0 Å². The monoisotopic (exact) mass is 315 g/mol. The van der Waals surface area contributed by atoms with E-state index in [2.05, 4.69) is 30.5 Å². The lowest BCUT2D eigenvalue weighted by Crippen LogP contribution is -2.27. The molecular formula is C18H21NO2S. The lowest BCUT2D eigenvalue weighted by atomic mass is 10.1. The predicted molar refractivity (Wildman–Crippen MR) is 91.4 cm³/mol. The summed E-state index contributed by atoms with van der Waals surface area (Å²) in [7, 11) is 3.47. The number of benzene rings is 2. The molecule has 0 aromatic heterocycles. The number of hydrogen-bond donors (Lipinski definition) is 0. The molecule has 0 saturated heterocycles. The number of methoxy groups -OCH3 is 1. The van der Waals surface area contributed by atoms with E-state index in [9.17, 15) is 4.79 Å². The van der Waals surface area contributed by atoms with Gasteiger partial charge in [-0.05, 0) is 41.6 Å². The van der Waals surface area contributed by atoms with Crippen molar-refractivity contribution < 1.29 is 9.53 Å². The third kappa shape index (κ3) is 4.53. The Hall–Kier alpha value is -1.94. The van der Waals surface area contributed by atoms with Crippen LogP contribution in [0.15, 0.2) is 53.4 Å². The number of hydrogen-bond acceptors (Lipinski definition) is 3. The topological polar surface area (TPSA) is 29.5 Å². The number of ether oxygens (including phenoxy) is 1. The van der Waals surface area contributed by atoms with Gasteiger partial charge in [0.25, 0.3) is 0 Å². The van der Waals surface area contributed by atoms with Gasteiger partial charge in [-0.25, -0.2) is 0 Å². The molecule has 2 aromatic carbocycles. The van der Waals surface area contributed by atoms with Crippen LogP contribution in [0.25, 0.3) is 0 Å². The summed E-state index contributed by atoms with van der Waals surface area (Å²) in [6.45, 7) is 0.622. The van der Waals surface area contributed by atoms with E-state index in [0.717, 1.165) is 16.9 Å². The highest BCUT2D eigenvalue weighted by Gasteiger charge is 2.10. The van der Waals surface area contributed by atoms with Gasteiger partial charge in [0.1, 0.15) is 5.75 Å². The van der Waals surface area contributed by atoms with Gasteiger partial charge in [0.2, 0.25) is 5.91 Å².